The Balaban J connectivity index is 4.37. The van der Waals surface area contributed by atoms with Gasteiger partial charge in [-0.05, 0) is 6.42 Å². The summed E-state index contributed by atoms with van der Waals surface area (Å²) in [6.45, 7) is 2.28. The van der Waals surface area contributed by atoms with Crippen molar-refractivity contribution < 1.29 is 27.6 Å². The van der Waals surface area contributed by atoms with Gasteiger partial charge in [-0.15, -0.1) is 0 Å². The van der Waals surface area contributed by atoms with Gasteiger partial charge in [0.2, 0.25) is 5.91 Å². The van der Waals surface area contributed by atoms with Gasteiger partial charge in [0.05, 0.1) is 6.42 Å². The molecule has 0 aliphatic carbocycles. The number of nitrogens with one attached hydrogen (secondary N) is 2. The zero-order valence-electron chi connectivity index (χ0n) is 11.8. The van der Waals surface area contributed by atoms with Crippen LogP contribution in [0.2, 0.25) is 0 Å². The Labute approximate surface area is 120 Å². The minimum Gasteiger partial charge on any atom is -0.370 e. The number of ketones is 1. The van der Waals surface area contributed by atoms with Gasteiger partial charge in [0.1, 0.15) is 6.04 Å². The van der Waals surface area contributed by atoms with Crippen LogP contribution in [0.1, 0.15) is 39.0 Å². The highest BCUT2D eigenvalue weighted by molar-refractivity contribution is 5.95. The molecule has 21 heavy (non-hydrogen) atoms. The lowest BCUT2D eigenvalue weighted by Gasteiger charge is -2.18. The van der Waals surface area contributed by atoms with E-state index < -0.39 is 36.4 Å². The van der Waals surface area contributed by atoms with Crippen molar-refractivity contribution in [3.63, 3.8) is 0 Å². The Hall–Kier alpha value is -1.80. The quantitative estimate of drug-likeness (QED) is 0.558. The molecule has 9 heteroatoms. The fourth-order valence-electron chi connectivity index (χ4n) is 1.57. The molecule has 3 amide bonds. The molecule has 0 rings (SSSR count). The van der Waals surface area contributed by atoms with Crippen LogP contribution in [0, 0.1) is 0 Å². The zero-order chi connectivity index (χ0) is 16.5. The molecule has 0 spiro atoms. The Morgan fingerprint density at radius 1 is 1.14 bits per heavy atom. The number of alkyl halides is 3. The smallest absolute Gasteiger partial charge is 0.370 e. The Bertz CT molecular complexity index is 372. The number of nitrogens with two attached hydrogens (primary N) is 1. The van der Waals surface area contributed by atoms with Crippen LogP contribution in [0.3, 0.4) is 0 Å². The lowest BCUT2D eigenvalue weighted by Crippen LogP contribution is -2.51. The number of amides is 3. The van der Waals surface area contributed by atoms with Crippen LogP contribution in [0.15, 0.2) is 0 Å². The van der Waals surface area contributed by atoms with Gasteiger partial charge < -0.3 is 16.4 Å². The van der Waals surface area contributed by atoms with E-state index in [4.69, 9.17) is 5.73 Å². The maximum absolute atomic E-state index is 12.3. The number of urea groups is 1. The minimum atomic E-state index is -5.14. The summed E-state index contributed by atoms with van der Waals surface area (Å²) < 4.78 is 37.0. The fourth-order valence-corrected chi connectivity index (χ4v) is 1.57. The van der Waals surface area contributed by atoms with Crippen LogP contribution >= 0.6 is 0 Å². The second kappa shape index (κ2) is 9.19. The summed E-state index contributed by atoms with van der Waals surface area (Å²) >= 11 is 0. The van der Waals surface area contributed by atoms with Gasteiger partial charge in [0.15, 0.2) is 0 Å². The molecule has 0 saturated carbocycles. The van der Waals surface area contributed by atoms with Gasteiger partial charge in [0, 0.05) is 6.54 Å². The number of primary amides is 1. The molecule has 0 heterocycles. The van der Waals surface area contributed by atoms with E-state index in [1.54, 1.807) is 0 Å². The van der Waals surface area contributed by atoms with Gasteiger partial charge in [-0.1, -0.05) is 26.2 Å². The number of carbonyl (C=O) groups is 3. The predicted molar refractivity (Wildman–Crippen MR) is 69.3 cm³/mol. The summed E-state index contributed by atoms with van der Waals surface area (Å²) in [5.74, 6) is -3.32. The monoisotopic (exact) mass is 311 g/mol. The van der Waals surface area contributed by atoms with Gasteiger partial charge >= 0.3 is 12.2 Å². The normalized spacial score (nSPS) is 12.6. The number of hydrogen-bond acceptors (Lipinski definition) is 3. The third kappa shape index (κ3) is 8.87. The van der Waals surface area contributed by atoms with Gasteiger partial charge in [-0.2, -0.15) is 13.2 Å². The van der Waals surface area contributed by atoms with E-state index in [1.807, 2.05) is 12.2 Å². The second-order valence-electron chi connectivity index (χ2n) is 4.55. The molecule has 0 aromatic carbocycles. The summed E-state index contributed by atoms with van der Waals surface area (Å²) in [7, 11) is 0. The highest BCUT2D eigenvalue weighted by atomic mass is 19.4. The molecule has 0 radical (unpaired) electrons. The first kappa shape index (κ1) is 19.2. The molecule has 0 aromatic heterocycles. The molecule has 0 saturated heterocycles. The van der Waals surface area contributed by atoms with E-state index in [1.165, 1.54) is 0 Å². The molecular formula is C12H20F3N3O3. The summed E-state index contributed by atoms with van der Waals surface area (Å²) in [5.41, 5.74) is 4.77. The third-order valence-corrected chi connectivity index (χ3v) is 2.62. The van der Waals surface area contributed by atoms with Crippen LogP contribution in [0.25, 0.3) is 0 Å². The molecule has 0 fully saturated rings. The Kier molecular flexibility index (Phi) is 8.41. The summed E-state index contributed by atoms with van der Waals surface area (Å²) in [4.78, 5) is 33.2. The third-order valence-electron chi connectivity index (χ3n) is 2.62. The average molecular weight is 311 g/mol. The van der Waals surface area contributed by atoms with Crippen molar-refractivity contribution in [1.82, 2.24) is 10.6 Å². The van der Waals surface area contributed by atoms with Crippen LogP contribution in [0.4, 0.5) is 18.0 Å². The predicted octanol–water partition coefficient (Wildman–Crippen LogP) is 1.24. The molecule has 0 bridgehead atoms. The van der Waals surface area contributed by atoms with Crippen molar-refractivity contribution in [2.45, 2.75) is 51.2 Å². The number of halogens is 3. The second-order valence-corrected chi connectivity index (χ2v) is 4.55. The topological polar surface area (TPSA) is 101 Å². The highest BCUT2D eigenvalue weighted by Gasteiger charge is 2.44. The van der Waals surface area contributed by atoms with Gasteiger partial charge in [-0.25, -0.2) is 4.79 Å². The highest BCUT2D eigenvalue weighted by Crippen LogP contribution is 2.19. The van der Waals surface area contributed by atoms with E-state index in [9.17, 15) is 27.6 Å². The number of carbonyl (C=O) groups excluding carboxylic acids is 3. The van der Waals surface area contributed by atoms with Crippen molar-refractivity contribution in [3.05, 3.63) is 0 Å². The molecule has 0 aliphatic heterocycles. The minimum absolute atomic E-state index is 0.273. The van der Waals surface area contributed by atoms with Crippen LogP contribution in [-0.4, -0.2) is 36.5 Å². The lowest BCUT2D eigenvalue weighted by atomic mass is 10.1. The van der Waals surface area contributed by atoms with Crippen LogP contribution in [-0.2, 0) is 9.59 Å². The van der Waals surface area contributed by atoms with E-state index in [0.29, 0.717) is 6.42 Å². The molecule has 1 atom stereocenters. The Morgan fingerprint density at radius 3 is 2.24 bits per heavy atom. The number of Topliss-reactive ketones (excluding diaryl/α,β-unsaturated/α-hetero) is 1. The van der Waals surface area contributed by atoms with Gasteiger partial charge in [-0.3, -0.25) is 9.59 Å². The number of unbranched alkanes of at least 4 members (excludes halogenated alkanes) is 3. The van der Waals surface area contributed by atoms with Crippen molar-refractivity contribution in [1.29, 1.82) is 0 Å². The summed E-state index contributed by atoms with van der Waals surface area (Å²) in [6, 6.07) is -2.94. The lowest BCUT2D eigenvalue weighted by molar-refractivity contribution is -0.173. The number of hydrogen-bond donors (Lipinski definition) is 3. The van der Waals surface area contributed by atoms with Crippen molar-refractivity contribution in [2.75, 3.05) is 6.54 Å². The van der Waals surface area contributed by atoms with Gasteiger partial charge in [0.25, 0.3) is 5.78 Å². The van der Waals surface area contributed by atoms with E-state index in [0.717, 1.165) is 19.3 Å². The molecule has 122 valence electrons. The standard InChI is InChI=1S/C12H20F3N3O3/c1-2-3-4-5-6-17-11(21)18-8(7-9(16)19)10(20)12(13,14)15/h8H,2-7H2,1H3,(H2,16,19)(H2,17,18,21)/t8-/m1/s1. The zero-order valence-corrected chi connectivity index (χ0v) is 11.8. The molecule has 0 aliphatic rings. The molecule has 4 N–H and O–H groups in total. The maximum atomic E-state index is 12.3. The van der Waals surface area contributed by atoms with Crippen molar-refractivity contribution in [3.8, 4) is 0 Å². The van der Waals surface area contributed by atoms with Crippen LogP contribution < -0.4 is 16.4 Å². The van der Waals surface area contributed by atoms with Crippen molar-refractivity contribution in [2.24, 2.45) is 5.73 Å². The fraction of sp³-hybridized carbons (Fsp3) is 0.750. The molecular weight excluding hydrogens is 291 g/mol. The molecule has 0 aromatic rings. The average Bonchev–Trinajstić information content (AvgIpc) is 2.35. The summed E-state index contributed by atoms with van der Waals surface area (Å²) in [6.07, 6.45) is -2.50. The van der Waals surface area contributed by atoms with Crippen LogP contribution in [0.5, 0.6) is 0 Å². The maximum Gasteiger partial charge on any atom is 0.452 e. The van der Waals surface area contributed by atoms with E-state index in [-0.39, 0.29) is 6.54 Å². The number of rotatable bonds is 9. The van der Waals surface area contributed by atoms with E-state index >= 15 is 0 Å². The first-order valence-corrected chi connectivity index (χ1v) is 6.62. The Morgan fingerprint density at radius 2 is 1.76 bits per heavy atom. The molecule has 0 unspecified atom stereocenters. The largest absolute Gasteiger partial charge is 0.452 e. The van der Waals surface area contributed by atoms with E-state index in [2.05, 4.69) is 5.32 Å². The van der Waals surface area contributed by atoms with Crippen molar-refractivity contribution >= 4 is 17.7 Å². The molecule has 6 nitrogen and oxygen atoms in total. The summed E-state index contributed by atoms with van der Waals surface area (Å²) in [5, 5.41) is 4.16. The SMILES string of the molecule is CCCCCCNC(=O)N[C@H](CC(N)=O)C(=O)C(F)(F)F. The first-order valence-electron chi connectivity index (χ1n) is 6.62. The first-order chi connectivity index (χ1) is 9.68.